The van der Waals surface area contributed by atoms with E-state index >= 15 is 0 Å². The summed E-state index contributed by atoms with van der Waals surface area (Å²) in [6.45, 7) is 1.65. The van der Waals surface area contributed by atoms with Crippen LogP contribution in [0.4, 0.5) is 20.2 Å². The highest BCUT2D eigenvalue weighted by molar-refractivity contribution is 9.10. The van der Waals surface area contributed by atoms with Crippen LogP contribution >= 0.6 is 15.9 Å². The molecule has 2 heterocycles. The molecule has 1 amide bonds. The molecule has 0 fully saturated rings. The fraction of sp³-hybridized carbons (Fsp3) is 0.130. The van der Waals surface area contributed by atoms with Crippen LogP contribution in [0.25, 0.3) is 22.3 Å². The molecule has 2 aromatic carbocycles. The Balaban J connectivity index is 1.64. The van der Waals surface area contributed by atoms with Crippen LogP contribution in [0.15, 0.2) is 59.2 Å². The number of fused-ring (bicyclic) bond motifs is 1. The molecule has 0 unspecified atom stereocenters. The lowest BCUT2D eigenvalue weighted by Gasteiger charge is -2.12. The van der Waals surface area contributed by atoms with E-state index in [2.05, 4.69) is 35.9 Å². The molecular weight excluding hydrogens is 530 g/mol. The lowest BCUT2D eigenvalue weighted by molar-refractivity contribution is 0.101. The lowest BCUT2D eigenvalue weighted by atomic mass is 10.1. The summed E-state index contributed by atoms with van der Waals surface area (Å²) >= 11 is 3.54. The molecule has 0 radical (unpaired) electrons. The van der Waals surface area contributed by atoms with Crippen LogP contribution in [0.3, 0.4) is 0 Å². The second kappa shape index (κ2) is 9.51. The van der Waals surface area contributed by atoms with Gasteiger partial charge in [0.05, 0.1) is 33.5 Å². The molecule has 0 atom stereocenters. The van der Waals surface area contributed by atoms with Gasteiger partial charge >= 0.3 is 0 Å². The topological polar surface area (TPSA) is 104 Å². The Morgan fingerprint density at radius 1 is 1.15 bits per heavy atom. The third kappa shape index (κ3) is 4.80. The monoisotopic (exact) mass is 548 g/mol. The van der Waals surface area contributed by atoms with E-state index in [0.717, 1.165) is 23.4 Å². The zero-order chi connectivity index (χ0) is 24.5. The van der Waals surface area contributed by atoms with Crippen LogP contribution in [0, 0.1) is 11.6 Å². The molecule has 0 aliphatic rings. The first kappa shape index (κ1) is 23.8. The van der Waals surface area contributed by atoms with Gasteiger partial charge in [-0.1, -0.05) is 37.3 Å². The number of hydrogen-bond donors (Lipinski definition) is 3. The molecule has 11 heteroatoms. The smallest absolute Gasteiger partial charge is 0.261 e. The summed E-state index contributed by atoms with van der Waals surface area (Å²) in [5.41, 5.74) is 1.05. The van der Waals surface area contributed by atoms with Gasteiger partial charge in [0.2, 0.25) is 10.0 Å². The minimum absolute atomic E-state index is 0.201. The van der Waals surface area contributed by atoms with Crippen molar-refractivity contribution in [3.63, 3.8) is 0 Å². The number of anilines is 2. The summed E-state index contributed by atoms with van der Waals surface area (Å²) in [5, 5.41) is 3.08. The van der Waals surface area contributed by atoms with Gasteiger partial charge in [-0.15, -0.1) is 0 Å². The number of nitrogens with zero attached hydrogens (tertiary/aromatic N) is 1. The molecule has 0 bridgehead atoms. The number of aromatic amines is 1. The minimum atomic E-state index is -3.83. The number of halogens is 3. The van der Waals surface area contributed by atoms with Crippen molar-refractivity contribution in [3.8, 4) is 11.3 Å². The Morgan fingerprint density at radius 3 is 2.59 bits per heavy atom. The molecule has 0 spiro atoms. The highest BCUT2D eigenvalue weighted by atomic mass is 79.9. The first-order chi connectivity index (χ1) is 16.2. The molecule has 2 aromatic heterocycles. The van der Waals surface area contributed by atoms with Gasteiger partial charge in [0.15, 0.2) is 5.82 Å². The number of carbonyl (C=O) groups is 1. The van der Waals surface area contributed by atoms with Crippen LogP contribution < -0.4 is 10.0 Å². The second-order valence-electron chi connectivity index (χ2n) is 7.46. The number of aromatic nitrogens is 2. The van der Waals surface area contributed by atoms with Crippen LogP contribution in [-0.2, 0) is 10.0 Å². The lowest BCUT2D eigenvalue weighted by Crippen LogP contribution is -2.20. The van der Waals surface area contributed by atoms with E-state index in [9.17, 15) is 22.0 Å². The van der Waals surface area contributed by atoms with E-state index in [4.69, 9.17) is 0 Å². The summed E-state index contributed by atoms with van der Waals surface area (Å²) < 4.78 is 56.0. The Kier molecular flexibility index (Phi) is 6.67. The number of rotatable bonds is 7. The molecule has 7 nitrogen and oxygen atoms in total. The van der Waals surface area contributed by atoms with Crippen molar-refractivity contribution in [2.75, 3.05) is 15.8 Å². The maximum absolute atomic E-state index is 14.9. The van der Waals surface area contributed by atoms with E-state index in [0.29, 0.717) is 21.9 Å². The highest BCUT2D eigenvalue weighted by Crippen LogP contribution is 2.35. The van der Waals surface area contributed by atoms with Crippen molar-refractivity contribution in [2.45, 2.75) is 13.3 Å². The Hall–Kier alpha value is -3.31. The van der Waals surface area contributed by atoms with Gasteiger partial charge in [-0.3, -0.25) is 9.52 Å². The normalized spacial score (nSPS) is 11.5. The molecule has 176 valence electrons. The number of carbonyl (C=O) groups excluding carboxylic acids is 1. The summed E-state index contributed by atoms with van der Waals surface area (Å²) in [6, 6.07) is 12.9. The first-order valence-corrected chi connectivity index (χ1v) is 12.7. The van der Waals surface area contributed by atoms with Gasteiger partial charge in [0.25, 0.3) is 5.91 Å². The molecule has 0 aliphatic heterocycles. The van der Waals surface area contributed by atoms with Gasteiger partial charge in [-0.05, 0) is 46.1 Å². The molecule has 0 saturated carbocycles. The van der Waals surface area contributed by atoms with E-state index in [1.165, 1.54) is 6.20 Å². The van der Waals surface area contributed by atoms with Crippen molar-refractivity contribution in [2.24, 2.45) is 0 Å². The Bertz CT molecular complexity index is 1490. The SMILES string of the molecule is CCCS(=O)(=O)Nc1ccc(F)c(C(=O)Nc2cnc3[nH]c(-c4ccccc4)c(Br)c3c2)c1F. The van der Waals surface area contributed by atoms with Gasteiger partial charge in [-0.2, -0.15) is 0 Å². The Morgan fingerprint density at radius 2 is 1.88 bits per heavy atom. The van der Waals surface area contributed by atoms with Crippen molar-refractivity contribution in [1.29, 1.82) is 0 Å². The van der Waals surface area contributed by atoms with Crippen molar-refractivity contribution in [3.05, 3.63) is 76.4 Å². The van der Waals surface area contributed by atoms with Crippen molar-refractivity contribution >= 4 is 54.3 Å². The molecule has 4 aromatic rings. The van der Waals surface area contributed by atoms with Gasteiger partial charge < -0.3 is 10.3 Å². The molecular formula is C23H19BrF2N4O3S. The molecule has 4 rings (SSSR count). The minimum Gasteiger partial charge on any atom is -0.338 e. The molecule has 34 heavy (non-hydrogen) atoms. The molecule has 0 aliphatic carbocycles. The zero-order valence-corrected chi connectivity index (χ0v) is 20.2. The number of H-pyrrole nitrogens is 1. The average molecular weight is 549 g/mol. The number of amides is 1. The fourth-order valence-electron chi connectivity index (χ4n) is 3.43. The molecule has 3 N–H and O–H groups in total. The van der Waals surface area contributed by atoms with Crippen molar-refractivity contribution < 1.29 is 22.0 Å². The van der Waals surface area contributed by atoms with E-state index in [1.807, 2.05) is 30.3 Å². The number of pyridine rings is 1. The van der Waals surface area contributed by atoms with E-state index < -0.39 is 38.8 Å². The summed E-state index contributed by atoms with van der Waals surface area (Å²) in [5.74, 6) is -3.76. The Labute approximate surface area is 202 Å². The maximum atomic E-state index is 14.9. The van der Waals surface area contributed by atoms with Gasteiger partial charge in [0, 0.05) is 5.39 Å². The van der Waals surface area contributed by atoms with Crippen LogP contribution in [0.2, 0.25) is 0 Å². The fourth-order valence-corrected chi connectivity index (χ4v) is 5.19. The summed E-state index contributed by atoms with van der Waals surface area (Å²) in [6.07, 6.45) is 1.66. The van der Waals surface area contributed by atoms with Gasteiger partial charge in [0.1, 0.15) is 17.0 Å². The summed E-state index contributed by atoms with van der Waals surface area (Å²) in [7, 11) is -3.83. The second-order valence-corrected chi connectivity index (χ2v) is 10.1. The third-order valence-electron chi connectivity index (χ3n) is 4.96. The number of benzene rings is 2. The number of sulfonamides is 1. The highest BCUT2D eigenvalue weighted by Gasteiger charge is 2.23. The van der Waals surface area contributed by atoms with Crippen LogP contribution in [0.1, 0.15) is 23.7 Å². The van der Waals surface area contributed by atoms with Crippen molar-refractivity contribution in [1.82, 2.24) is 9.97 Å². The maximum Gasteiger partial charge on any atom is 0.261 e. The zero-order valence-electron chi connectivity index (χ0n) is 17.8. The largest absolute Gasteiger partial charge is 0.338 e. The van der Waals surface area contributed by atoms with Gasteiger partial charge in [-0.25, -0.2) is 22.2 Å². The standard InChI is InChI=1S/C23H19BrF2N4O3S/c1-2-10-34(32,33)30-17-9-8-16(25)18(20(17)26)23(31)28-14-11-15-19(24)21(29-22(15)27-12-14)13-6-4-3-5-7-13/h3-9,11-12,30H,2,10H2,1H3,(H,27,29)(H,28,31). The summed E-state index contributed by atoms with van der Waals surface area (Å²) in [4.78, 5) is 20.2. The quantitative estimate of drug-likeness (QED) is 0.276. The predicted molar refractivity (Wildman–Crippen MR) is 131 cm³/mol. The number of nitrogens with one attached hydrogen (secondary N) is 3. The van der Waals surface area contributed by atoms with E-state index in [1.54, 1.807) is 13.0 Å². The van der Waals surface area contributed by atoms with Crippen LogP contribution in [-0.4, -0.2) is 30.0 Å². The number of hydrogen-bond acceptors (Lipinski definition) is 4. The van der Waals surface area contributed by atoms with E-state index in [-0.39, 0.29) is 11.4 Å². The predicted octanol–water partition coefficient (Wildman–Crippen LogP) is 5.67. The third-order valence-corrected chi connectivity index (χ3v) is 7.26. The first-order valence-electron chi connectivity index (χ1n) is 10.2. The average Bonchev–Trinajstić information content (AvgIpc) is 3.12. The van der Waals surface area contributed by atoms with Crippen LogP contribution in [0.5, 0.6) is 0 Å². The molecule has 0 saturated heterocycles.